The van der Waals surface area contributed by atoms with Gasteiger partial charge in [0.05, 0.1) is 8.68 Å². The fourth-order valence-corrected chi connectivity index (χ4v) is 6.13. The van der Waals surface area contributed by atoms with Crippen molar-refractivity contribution in [1.29, 1.82) is 0 Å². The van der Waals surface area contributed by atoms with Crippen molar-refractivity contribution in [3.8, 4) is 0 Å². The maximum atomic E-state index is 12.4. The van der Waals surface area contributed by atoms with Gasteiger partial charge in [0.15, 0.2) is 0 Å². The second kappa shape index (κ2) is 7.56. The summed E-state index contributed by atoms with van der Waals surface area (Å²) in [4.78, 5) is 1.20. The molecule has 1 aromatic heterocycles. The molecule has 2 unspecified atom stereocenters. The molecule has 0 bridgehead atoms. The molecule has 0 saturated carbocycles. The van der Waals surface area contributed by atoms with Crippen LogP contribution in [0.5, 0.6) is 0 Å². The second-order valence-corrected chi connectivity index (χ2v) is 9.31. The van der Waals surface area contributed by atoms with Crippen LogP contribution in [0.3, 0.4) is 0 Å². The van der Waals surface area contributed by atoms with E-state index < -0.39 is 10.0 Å². The van der Waals surface area contributed by atoms with E-state index in [1.807, 2.05) is 13.8 Å². The van der Waals surface area contributed by atoms with E-state index in [4.69, 9.17) is 0 Å². The molecule has 2 rings (SSSR count). The Balaban J connectivity index is 0.00000200. The van der Waals surface area contributed by atoms with Crippen LogP contribution >= 0.6 is 39.7 Å². The lowest BCUT2D eigenvalue weighted by molar-refractivity contribution is 0.320. The van der Waals surface area contributed by atoms with Crippen molar-refractivity contribution in [2.75, 3.05) is 13.1 Å². The number of hydrogen-bond donors (Lipinski definition) is 2. The molecule has 2 N–H and O–H groups in total. The second-order valence-electron chi connectivity index (χ2n) is 4.99. The highest BCUT2D eigenvalue weighted by atomic mass is 79.9. The molecule has 0 amide bonds. The maximum absolute atomic E-state index is 12.4. The normalized spacial score (nSPS) is 21.2. The quantitative estimate of drug-likeness (QED) is 0.812. The number of sulfonamides is 1. The summed E-state index contributed by atoms with van der Waals surface area (Å²) in [6, 6.07) is 1.63. The Morgan fingerprint density at radius 1 is 1.55 bits per heavy atom. The molecule has 1 aliphatic rings. The molecule has 0 aromatic carbocycles. The van der Waals surface area contributed by atoms with Crippen molar-refractivity contribution >= 4 is 49.7 Å². The van der Waals surface area contributed by atoms with E-state index in [1.54, 1.807) is 6.07 Å². The summed E-state index contributed by atoms with van der Waals surface area (Å²) in [5.74, 6) is 0.367. The summed E-state index contributed by atoms with van der Waals surface area (Å²) in [6.45, 7) is 5.70. The number of aryl methyl sites for hydroxylation is 1. The smallest absolute Gasteiger partial charge is 0.241 e. The molecule has 2 atom stereocenters. The highest BCUT2D eigenvalue weighted by molar-refractivity contribution is 9.11. The van der Waals surface area contributed by atoms with Crippen LogP contribution < -0.4 is 10.0 Å². The minimum atomic E-state index is -3.42. The van der Waals surface area contributed by atoms with Gasteiger partial charge in [0.25, 0.3) is 0 Å². The average molecular weight is 404 g/mol. The number of nitrogens with one attached hydrogen (secondary N) is 2. The first kappa shape index (κ1) is 18.4. The average Bonchev–Trinajstić information content (AvgIpc) is 2.70. The van der Waals surface area contributed by atoms with Crippen LogP contribution in [0.4, 0.5) is 0 Å². The van der Waals surface area contributed by atoms with E-state index in [0.29, 0.717) is 10.8 Å². The van der Waals surface area contributed by atoms with Crippen LogP contribution in [-0.2, 0) is 10.0 Å². The number of rotatable bonds is 4. The van der Waals surface area contributed by atoms with Gasteiger partial charge in [-0.2, -0.15) is 0 Å². The molecule has 0 radical (unpaired) electrons. The lowest BCUT2D eigenvalue weighted by Gasteiger charge is -2.28. The van der Waals surface area contributed by atoms with Gasteiger partial charge in [0.2, 0.25) is 10.0 Å². The third-order valence-electron chi connectivity index (χ3n) is 3.51. The van der Waals surface area contributed by atoms with E-state index in [-0.39, 0.29) is 18.4 Å². The highest BCUT2D eigenvalue weighted by Crippen LogP contribution is 2.30. The fraction of sp³-hybridized carbons (Fsp3) is 0.667. The molecule has 8 heteroatoms. The van der Waals surface area contributed by atoms with Crippen LogP contribution in [0.1, 0.15) is 24.6 Å². The molecule has 1 aromatic rings. The van der Waals surface area contributed by atoms with Crippen LogP contribution in [-0.4, -0.2) is 27.5 Å². The maximum Gasteiger partial charge on any atom is 0.241 e. The minimum Gasteiger partial charge on any atom is -0.316 e. The SMILES string of the molecule is Cc1sc(Br)cc1S(=O)(=O)NC(C)C1CCCNC1.Cl. The molecule has 4 nitrogen and oxygen atoms in total. The number of thiophene rings is 1. The molecular weight excluding hydrogens is 384 g/mol. The standard InChI is InChI=1S/C12H19BrN2O2S2.ClH/c1-8(10-4-3-5-14-7-10)15-19(16,17)11-6-12(13)18-9(11)2;/h6,8,10,14-15H,3-5,7H2,1-2H3;1H. The monoisotopic (exact) mass is 402 g/mol. The zero-order valence-corrected chi connectivity index (χ0v) is 15.5. The topological polar surface area (TPSA) is 58.2 Å². The minimum absolute atomic E-state index is 0. The summed E-state index contributed by atoms with van der Waals surface area (Å²) >= 11 is 4.78. The summed E-state index contributed by atoms with van der Waals surface area (Å²) in [5, 5.41) is 3.32. The van der Waals surface area contributed by atoms with E-state index in [0.717, 1.165) is 34.6 Å². The zero-order chi connectivity index (χ0) is 14.0. The Kier molecular flexibility index (Phi) is 6.95. The molecule has 1 saturated heterocycles. The summed E-state index contributed by atoms with van der Waals surface area (Å²) in [5.41, 5.74) is 0. The zero-order valence-electron chi connectivity index (χ0n) is 11.5. The fourth-order valence-electron chi connectivity index (χ4n) is 2.41. The van der Waals surface area contributed by atoms with Crippen molar-refractivity contribution < 1.29 is 8.42 Å². The first-order valence-electron chi connectivity index (χ1n) is 6.39. The predicted molar refractivity (Wildman–Crippen MR) is 89.4 cm³/mol. The van der Waals surface area contributed by atoms with Gasteiger partial charge in [-0.25, -0.2) is 13.1 Å². The lowest BCUT2D eigenvalue weighted by Crippen LogP contribution is -2.44. The van der Waals surface area contributed by atoms with E-state index in [9.17, 15) is 8.42 Å². The Labute approximate surface area is 139 Å². The Morgan fingerprint density at radius 3 is 2.75 bits per heavy atom. The van der Waals surface area contributed by atoms with Crippen molar-refractivity contribution in [2.24, 2.45) is 5.92 Å². The third kappa shape index (κ3) is 4.42. The largest absolute Gasteiger partial charge is 0.316 e. The van der Waals surface area contributed by atoms with Crippen molar-refractivity contribution in [3.05, 3.63) is 14.7 Å². The van der Waals surface area contributed by atoms with Gasteiger partial charge in [0, 0.05) is 10.9 Å². The molecule has 20 heavy (non-hydrogen) atoms. The van der Waals surface area contributed by atoms with Gasteiger partial charge >= 0.3 is 0 Å². The van der Waals surface area contributed by atoms with E-state index in [2.05, 4.69) is 26.0 Å². The van der Waals surface area contributed by atoms with Crippen LogP contribution in [0.2, 0.25) is 0 Å². The first-order chi connectivity index (χ1) is 8.90. The van der Waals surface area contributed by atoms with Crippen molar-refractivity contribution in [2.45, 2.75) is 37.6 Å². The molecular formula is C12H20BrClN2O2S2. The van der Waals surface area contributed by atoms with Crippen LogP contribution in [0, 0.1) is 12.8 Å². The lowest BCUT2D eigenvalue weighted by atomic mass is 9.94. The van der Waals surface area contributed by atoms with Crippen molar-refractivity contribution in [3.63, 3.8) is 0 Å². The first-order valence-corrected chi connectivity index (χ1v) is 9.48. The number of hydrogen-bond acceptors (Lipinski definition) is 4. The Hall–Kier alpha value is 0.340. The third-order valence-corrected chi connectivity index (χ3v) is 6.88. The summed E-state index contributed by atoms with van der Waals surface area (Å²) in [7, 11) is -3.42. The molecule has 116 valence electrons. The molecule has 0 aliphatic carbocycles. The molecule has 2 heterocycles. The van der Waals surface area contributed by atoms with Crippen molar-refractivity contribution in [1.82, 2.24) is 10.0 Å². The highest BCUT2D eigenvalue weighted by Gasteiger charge is 2.26. The molecule has 1 fully saturated rings. The van der Waals surface area contributed by atoms with E-state index >= 15 is 0 Å². The van der Waals surface area contributed by atoms with Crippen LogP contribution in [0.25, 0.3) is 0 Å². The van der Waals surface area contributed by atoms with Gasteiger partial charge in [-0.15, -0.1) is 23.7 Å². The Bertz CT molecular complexity index is 542. The number of halogens is 2. The molecule has 1 aliphatic heterocycles. The van der Waals surface area contributed by atoms with Gasteiger partial charge in [0.1, 0.15) is 0 Å². The van der Waals surface area contributed by atoms with Gasteiger partial charge in [-0.3, -0.25) is 0 Å². The molecule has 0 spiro atoms. The summed E-state index contributed by atoms with van der Waals surface area (Å²) < 4.78 is 28.4. The van der Waals surface area contributed by atoms with E-state index in [1.165, 1.54) is 11.3 Å². The van der Waals surface area contributed by atoms with Crippen LogP contribution in [0.15, 0.2) is 14.7 Å². The summed E-state index contributed by atoms with van der Waals surface area (Å²) in [6.07, 6.45) is 2.18. The van der Waals surface area contributed by atoms with Gasteiger partial charge in [-0.1, -0.05) is 0 Å². The number of piperidine rings is 1. The van der Waals surface area contributed by atoms with Gasteiger partial charge in [-0.05, 0) is 67.7 Å². The van der Waals surface area contributed by atoms with Gasteiger partial charge < -0.3 is 5.32 Å². The predicted octanol–water partition coefficient (Wildman–Crippen LogP) is 2.91. The Morgan fingerprint density at radius 2 is 2.25 bits per heavy atom.